The van der Waals surface area contributed by atoms with Crippen LogP contribution in [0.3, 0.4) is 0 Å². The average Bonchev–Trinajstić information content (AvgIpc) is 2.95. The Morgan fingerprint density at radius 2 is 0.650 bits per heavy atom. The molecule has 0 aromatic rings. The lowest BCUT2D eigenvalue weighted by atomic mass is 9.87. The normalized spacial score (nSPS) is 12.7. The number of hydrogen-bond acceptors (Lipinski definition) is 0. The maximum atomic E-state index is 2.42. The molecule has 0 spiro atoms. The lowest BCUT2D eigenvalue weighted by molar-refractivity contribution is 0.341. The van der Waals surface area contributed by atoms with Crippen LogP contribution in [0.15, 0.2) is 48.6 Å². The Kier molecular flexibility index (Phi) is 33.3. The summed E-state index contributed by atoms with van der Waals surface area (Å²) < 4.78 is 0. The van der Waals surface area contributed by atoms with Crippen molar-refractivity contribution < 1.29 is 0 Å². The van der Waals surface area contributed by atoms with Crippen molar-refractivity contribution in [1.82, 2.24) is 0 Å². The number of unbranched alkanes of at least 4 members (excludes halogenated alkanes) is 18. The van der Waals surface area contributed by atoms with E-state index >= 15 is 0 Å². The predicted octanol–water partition coefficient (Wildman–Crippen LogP) is 14.7. The molecule has 0 aliphatic carbocycles. The second-order valence-corrected chi connectivity index (χ2v) is 12.8. The molecule has 0 nitrogen and oxygen atoms in total. The lowest BCUT2D eigenvalue weighted by Gasteiger charge is -2.19. The molecule has 0 atom stereocenters. The maximum Gasteiger partial charge on any atom is -0.0169 e. The molecule has 0 aliphatic rings. The summed E-state index contributed by atoms with van der Waals surface area (Å²) in [6, 6.07) is 0. The quantitative estimate of drug-likeness (QED) is 0.0590. The van der Waals surface area contributed by atoms with Crippen molar-refractivity contribution in [2.45, 2.75) is 195 Å². The molecule has 40 heavy (non-hydrogen) atoms. The van der Waals surface area contributed by atoms with E-state index in [4.69, 9.17) is 0 Å². The zero-order valence-corrected chi connectivity index (χ0v) is 28.2. The summed E-state index contributed by atoms with van der Waals surface area (Å²) in [6.45, 7) is 9.40. The third kappa shape index (κ3) is 31.5. The van der Waals surface area contributed by atoms with Gasteiger partial charge < -0.3 is 0 Å². The van der Waals surface area contributed by atoms with Crippen LogP contribution < -0.4 is 0 Å². The zero-order valence-electron chi connectivity index (χ0n) is 28.2. The van der Waals surface area contributed by atoms with E-state index in [0.29, 0.717) is 0 Å². The van der Waals surface area contributed by atoms with Gasteiger partial charge in [-0.05, 0) is 76.0 Å². The molecule has 0 aromatic heterocycles. The Bertz CT molecular complexity index is 527. The highest BCUT2D eigenvalue weighted by Crippen LogP contribution is 2.23. The van der Waals surface area contributed by atoms with Gasteiger partial charge in [-0.1, -0.05) is 179 Å². The molecular weight excluding hydrogens is 480 g/mol. The Morgan fingerprint density at radius 3 is 0.975 bits per heavy atom. The summed E-state index contributed by atoms with van der Waals surface area (Å²) in [6.07, 6.45) is 54.6. The molecule has 0 saturated heterocycles. The van der Waals surface area contributed by atoms with Gasteiger partial charge in [-0.2, -0.15) is 0 Å². The smallest absolute Gasteiger partial charge is 0.0169 e. The fourth-order valence-electron chi connectivity index (χ4n) is 5.59. The first-order valence-electron chi connectivity index (χ1n) is 18.3. The molecule has 0 saturated carbocycles. The van der Waals surface area contributed by atoms with Gasteiger partial charge in [0.2, 0.25) is 0 Å². The first-order valence-corrected chi connectivity index (χ1v) is 18.3. The number of allylic oxidation sites excluding steroid dienone is 8. The highest BCUT2D eigenvalue weighted by molar-refractivity contribution is 4.94. The molecule has 0 heteroatoms. The van der Waals surface area contributed by atoms with E-state index in [1.54, 1.807) is 0 Å². The first kappa shape index (κ1) is 39.0. The van der Waals surface area contributed by atoms with Crippen molar-refractivity contribution in [1.29, 1.82) is 0 Å². The molecule has 0 amide bonds. The summed E-state index contributed by atoms with van der Waals surface area (Å²) >= 11 is 0. The van der Waals surface area contributed by atoms with Gasteiger partial charge >= 0.3 is 0 Å². The van der Waals surface area contributed by atoms with E-state index in [1.165, 1.54) is 154 Å². The van der Waals surface area contributed by atoms with Crippen LogP contribution in [0.1, 0.15) is 195 Å². The standard InChI is InChI=1S/C40H74/c1-5-7-9-11-13-15-17-19-21-23-25-27-29-31-33-35-37-40(39(3)4)38-36-34-32-30-28-26-24-22-20-18-16-14-12-10-8-6-2/h25-28,31-34,39-40H,5-24,29-30,35-38H2,1-4H3/b27-25+,28-26+,33-31+,34-32+. The van der Waals surface area contributed by atoms with Crippen LogP contribution in [0.5, 0.6) is 0 Å². The molecule has 0 radical (unpaired) electrons. The summed E-state index contributed by atoms with van der Waals surface area (Å²) in [5.74, 6) is 1.63. The maximum absolute atomic E-state index is 2.42. The van der Waals surface area contributed by atoms with E-state index in [-0.39, 0.29) is 0 Å². The van der Waals surface area contributed by atoms with Gasteiger partial charge in [-0.15, -0.1) is 0 Å². The molecular formula is C40H74. The first-order chi connectivity index (χ1) is 19.7. The van der Waals surface area contributed by atoms with E-state index < -0.39 is 0 Å². The summed E-state index contributed by atoms with van der Waals surface area (Å²) in [4.78, 5) is 0. The van der Waals surface area contributed by atoms with Crippen molar-refractivity contribution in [2.75, 3.05) is 0 Å². The van der Waals surface area contributed by atoms with Crippen LogP contribution >= 0.6 is 0 Å². The van der Waals surface area contributed by atoms with Crippen molar-refractivity contribution in [3.63, 3.8) is 0 Å². The highest BCUT2D eigenvalue weighted by atomic mass is 14.2. The number of rotatable bonds is 31. The molecule has 0 aliphatic heterocycles. The van der Waals surface area contributed by atoms with Crippen LogP contribution in [-0.4, -0.2) is 0 Å². The Labute approximate surface area is 254 Å². The molecule has 0 fully saturated rings. The topological polar surface area (TPSA) is 0 Å². The Morgan fingerprint density at radius 1 is 0.350 bits per heavy atom. The molecule has 234 valence electrons. The largest absolute Gasteiger partial charge is 0.0882 e. The Hall–Kier alpha value is -1.04. The SMILES string of the molecule is CCCCCCCCCCC/C=C/C/C=C/CCC(CC/C=C/C/C=C/CCCCCCCCCCC)C(C)C. The van der Waals surface area contributed by atoms with Crippen LogP contribution in [0.4, 0.5) is 0 Å². The lowest BCUT2D eigenvalue weighted by Crippen LogP contribution is -2.07. The summed E-state index contributed by atoms with van der Waals surface area (Å²) in [7, 11) is 0. The fraction of sp³-hybridized carbons (Fsp3) is 0.800. The van der Waals surface area contributed by atoms with E-state index in [0.717, 1.165) is 24.7 Å². The van der Waals surface area contributed by atoms with Crippen molar-refractivity contribution in [2.24, 2.45) is 11.8 Å². The van der Waals surface area contributed by atoms with Gasteiger partial charge in [0, 0.05) is 0 Å². The molecule has 0 rings (SSSR count). The van der Waals surface area contributed by atoms with Crippen LogP contribution in [0, 0.1) is 11.8 Å². The van der Waals surface area contributed by atoms with Gasteiger partial charge in [-0.25, -0.2) is 0 Å². The van der Waals surface area contributed by atoms with Crippen molar-refractivity contribution in [3.05, 3.63) is 48.6 Å². The van der Waals surface area contributed by atoms with E-state index in [2.05, 4.69) is 76.3 Å². The highest BCUT2D eigenvalue weighted by Gasteiger charge is 2.11. The van der Waals surface area contributed by atoms with Gasteiger partial charge in [0.1, 0.15) is 0 Å². The Balaban J connectivity index is 3.65. The third-order valence-electron chi connectivity index (χ3n) is 8.51. The minimum atomic E-state index is 0.786. The van der Waals surface area contributed by atoms with Crippen LogP contribution in [0.2, 0.25) is 0 Å². The van der Waals surface area contributed by atoms with Gasteiger partial charge in [-0.3, -0.25) is 0 Å². The number of hydrogen-bond donors (Lipinski definition) is 0. The average molecular weight is 555 g/mol. The minimum absolute atomic E-state index is 0.786. The fourth-order valence-corrected chi connectivity index (χ4v) is 5.59. The molecule has 0 bridgehead atoms. The molecule has 0 aromatic carbocycles. The second kappa shape index (κ2) is 34.2. The second-order valence-electron chi connectivity index (χ2n) is 12.8. The molecule has 0 unspecified atom stereocenters. The molecule has 0 N–H and O–H groups in total. The van der Waals surface area contributed by atoms with Gasteiger partial charge in [0.05, 0.1) is 0 Å². The van der Waals surface area contributed by atoms with E-state index in [9.17, 15) is 0 Å². The third-order valence-corrected chi connectivity index (χ3v) is 8.51. The van der Waals surface area contributed by atoms with Crippen LogP contribution in [-0.2, 0) is 0 Å². The van der Waals surface area contributed by atoms with E-state index in [1.807, 2.05) is 0 Å². The van der Waals surface area contributed by atoms with Gasteiger partial charge in [0.15, 0.2) is 0 Å². The minimum Gasteiger partial charge on any atom is -0.0882 e. The molecule has 0 heterocycles. The van der Waals surface area contributed by atoms with Crippen LogP contribution in [0.25, 0.3) is 0 Å². The zero-order chi connectivity index (χ0) is 29.2. The van der Waals surface area contributed by atoms with Gasteiger partial charge in [0.25, 0.3) is 0 Å². The van der Waals surface area contributed by atoms with Crippen molar-refractivity contribution in [3.8, 4) is 0 Å². The monoisotopic (exact) mass is 555 g/mol. The van der Waals surface area contributed by atoms with Crippen molar-refractivity contribution >= 4 is 0 Å². The summed E-state index contributed by atoms with van der Waals surface area (Å²) in [5.41, 5.74) is 0. The predicted molar refractivity (Wildman–Crippen MR) is 186 cm³/mol. The summed E-state index contributed by atoms with van der Waals surface area (Å²) in [5, 5.41) is 0.